The van der Waals surface area contributed by atoms with Crippen molar-refractivity contribution in [2.24, 2.45) is 5.84 Å². The van der Waals surface area contributed by atoms with Crippen molar-refractivity contribution in [3.63, 3.8) is 0 Å². The number of hydrazine groups is 1. The van der Waals surface area contributed by atoms with E-state index >= 15 is 0 Å². The molecule has 0 fully saturated rings. The average molecular weight is 150 g/mol. The molecule has 0 rings (SSSR count). The first-order valence-corrected chi connectivity index (χ1v) is 3.04. The molecule has 0 radical (unpaired) electrons. The third kappa shape index (κ3) is 2.69. The summed E-state index contributed by atoms with van der Waals surface area (Å²) in [4.78, 5) is 10.6. The number of carbonyl (C=O) groups is 1. The van der Waals surface area contributed by atoms with Crippen LogP contribution in [-0.2, 0) is 9.53 Å². The van der Waals surface area contributed by atoms with Gasteiger partial charge in [-0.3, -0.25) is 10.6 Å². The van der Waals surface area contributed by atoms with Crippen LogP contribution < -0.4 is 11.3 Å². The van der Waals surface area contributed by atoms with Gasteiger partial charge in [-0.15, -0.1) is 0 Å². The van der Waals surface area contributed by atoms with Crippen molar-refractivity contribution in [3.05, 3.63) is 0 Å². The maximum Gasteiger partial charge on any atom is 0.325 e. The minimum absolute atomic E-state index is 0.336. The molecule has 0 aliphatic carbocycles. The molecule has 0 saturated heterocycles. The van der Waals surface area contributed by atoms with Crippen LogP contribution in [0.5, 0.6) is 0 Å². The fourth-order valence-electron chi connectivity index (χ4n) is 0.338. The molecule has 0 aromatic carbocycles. The summed E-state index contributed by atoms with van der Waals surface area (Å²) in [6.07, 6.45) is 0. The van der Waals surface area contributed by atoms with Gasteiger partial charge >= 0.3 is 5.97 Å². The van der Waals surface area contributed by atoms with Crippen LogP contribution >= 0.6 is 12.6 Å². The second-order valence-corrected chi connectivity index (χ2v) is 1.79. The number of thiol groups is 1. The topological polar surface area (TPSA) is 64.3 Å². The standard InChI is InChI=1S/C4H10N2O2S/c1-8-4(7)3(2-9)6-5/h3,6,9H,2,5H2,1H3/t3-/m0/s1. The van der Waals surface area contributed by atoms with Gasteiger partial charge in [0.15, 0.2) is 0 Å². The molecule has 4 nitrogen and oxygen atoms in total. The van der Waals surface area contributed by atoms with Gasteiger partial charge in [-0.1, -0.05) is 0 Å². The molecule has 0 unspecified atom stereocenters. The Hall–Kier alpha value is -0.260. The number of nitrogens with one attached hydrogen (secondary N) is 1. The Morgan fingerprint density at radius 1 is 2.00 bits per heavy atom. The number of esters is 1. The molecule has 0 spiro atoms. The van der Waals surface area contributed by atoms with Crippen molar-refractivity contribution < 1.29 is 9.53 Å². The SMILES string of the molecule is COC(=O)[C@H](CS)NN. The molecule has 5 heteroatoms. The lowest BCUT2D eigenvalue weighted by Crippen LogP contribution is -2.43. The number of nitrogens with two attached hydrogens (primary N) is 1. The van der Waals surface area contributed by atoms with Crippen LogP contribution in [0, 0.1) is 0 Å². The van der Waals surface area contributed by atoms with E-state index in [0.717, 1.165) is 0 Å². The smallest absolute Gasteiger partial charge is 0.325 e. The molecule has 0 aromatic heterocycles. The Bertz CT molecular complexity index is 94.6. The normalized spacial score (nSPS) is 12.8. The van der Waals surface area contributed by atoms with Gasteiger partial charge in [0.05, 0.1) is 7.11 Å². The number of carbonyl (C=O) groups excluding carboxylic acids is 1. The van der Waals surface area contributed by atoms with Crippen molar-refractivity contribution in [1.29, 1.82) is 0 Å². The van der Waals surface area contributed by atoms with Crippen molar-refractivity contribution >= 4 is 18.6 Å². The van der Waals surface area contributed by atoms with E-state index < -0.39 is 12.0 Å². The summed E-state index contributed by atoms with van der Waals surface area (Å²) in [6, 6.07) is -0.502. The molecular weight excluding hydrogens is 140 g/mol. The van der Waals surface area contributed by atoms with Gasteiger partial charge < -0.3 is 4.74 Å². The first-order chi connectivity index (χ1) is 4.26. The van der Waals surface area contributed by atoms with Gasteiger partial charge in [0.1, 0.15) is 6.04 Å². The fraction of sp³-hybridized carbons (Fsp3) is 0.750. The highest BCUT2D eigenvalue weighted by Crippen LogP contribution is 1.87. The molecule has 9 heavy (non-hydrogen) atoms. The van der Waals surface area contributed by atoms with Crippen molar-refractivity contribution in [2.75, 3.05) is 12.9 Å². The summed E-state index contributed by atoms with van der Waals surface area (Å²) in [7, 11) is 1.30. The van der Waals surface area contributed by atoms with Gasteiger partial charge in [0.2, 0.25) is 0 Å². The van der Waals surface area contributed by atoms with Crippen molar-refractivity contribution in [2.45, 2.75) is 6.04 Å². The quantitative estimate of drug-likeness (QED) is 0.207. The van der Waals surface area contributed by atoms with Crippen LogP contribution in [0.4, 0.5) is 0 Å². The lowest BCUT2D eigenvalue weighted by Gasteiger charge is -2.08. The molecule has 1 atom stereocenters. The second-order valence-electron chi connectivity index (χ2n) is 1.42. The lowest BCUT2D eigenvalue weighted by molar-refractivity contribution is -0.142. The summed E-state index contributed by atoms with van der Waals surface area (Å²) < 4.78 is 4.36. The van der Waals surface area contributed by atoms with Crippen LogP contribution in [0.15, 0.2) is 0 Å². The Kier molecular flexibility index (Phi) is 4.47. The van der Waals surface area contributed by atoms with Gasteiger partial charge in [-0.2, -0.15) is 12.6 Å². The minimum Gasteiger partial charge on any atom is -0.468 e. The van der Waals surface area contributed by atoms with Crippen LogP contribution in [0.25, 0.3) is 0 Å². The lowest BCUT2D eigenvalue weighted by atomic mass is 10.4. The number of methoxy groups -OCH3 is 1. The molecule has 0 bridgehead atoms. The van der Waals surface area contributed by atoms with Gasteiger partial charge in [-0.25, -0.2) is 5.43 Å². The molecule has 54 valence electrons. The first kappa shape index (κ1) is 8.74. The van der Waals surface area contributed by atoms with Gasteiger partial charge in [0, 0.05) is 5.75 Å². The summed E-state index contributed by atoms with van der Waals surface area (Å²) in [6.45, 7) is 0. The maximum absolute atomic E-state index is 10.6. The number of hydrogen-bond donors (Lipinski definition) is 3. The van der Waals surface area contributed by atoms with E-state index in [2.05, 4.69) is 22.8 Å². The van der Waals surface area contributed by atoms with E-state index in [1.807, 2.05) is 0 Å². The van der Waals surface area contributed by atoms with E-state index in [1.165, 1.54) is 7.11 Å². The summed E-state index contributed by atoms with van der Waals surface area (Å²) >= 11 is 3.85. The molecule has 0 aromatic rings. The minimum atomic E-state index is -0.502. The zero-order valence-electron chi connectivity index (χ0n) is 5.13. The van der Waals surface area contributed by atoms with Crippen molar-refractivity contribution in [3.8, 4) is 0 Å². The van der Waals surface area contributed by atoms with Gasteiger partial charge in [0.25, 0.3) is 0 Å². The molecule has 0 aliphatic heterocycles. The predicted octanol–water partition coefficient (Wildman–Crippen LogP) is -1.08. The Balaban J connectivity index is 3.64. The fourth-order valence-corrected chi connectivity index (χ4v) is 0.592. The Labute approximate surface area is 59.1 Å². The largest absolute Gasteiger partial charge is 0.468 e. The first-order valence-electron chi connectivity index (χ1n) is 2.41. The second kappa shape index (κ2) is 4.60. The van der Waals surface area contributed by atoms with Crippen molar-refractivity contribution in [1.82, 2.24) is 5.43 Å². The number of ether oxygens (including phenoxy) is 1. The highest BCUT2D eigenvalue weighted by Gasteiger charge is 2.13. The predicted molar refractivity (Wildman–Crippen MR) is 37.0 cm³/mol. The van der Waals surface area contributed by atoms with Crippen LogP contribution in [0.1, 0.15) is 0 Å². The highest BCUT2D eigenvalue weighted by atomic mass is 32.1. The van der Waals surface area contributed by atoms with E-state index in [9.17, 15) is 4.79 Å². The Morgan fingerprint density at radius 2 is 2.56 bits per heavy atom. The van der Waals surface area contributed by atoms with Crippen LogP contribution in [0.3, 0.4) is 0 Å². The van der Waals surface area contributed by atoms with E-state index in [1.54, 1.807) is 0 Å². The molecule has 0 saturated carbocycles. The molecule has 0 aliphatic rings. The Morgan fingerprint density at radius 3 is 2.67 bits per heavy atom. The molecular formula is C4H10N2O2S. The van der Waals surface area contributed by atoms with E-state index in [-0.39, 0.29) is 0 Å². The van der Waals surface area contributed by atoms with E-state index in [4.69, 9.17) is 5.84 Å². The summed E-state index contributed by atoms with van der Waals surface area (Å²) in [5.41, 5.74) is 2.25. The third-order valence-corrected chi connectivity index (χ3v) is 1.23. The van der Waals surface area contributed by atoms with Crippen LogP contribution in [-0.4, -0.2) is 24.9 Å². The number of hydrogen-bond acceptors (Lipinski definition) is 5. The highest BCUT2D eigenvalue weighted by molar-refractivity contribution is 7.80. The zero-order chi connectivity index (χ0) is 7.28. The molecule has 3 N–H and O–H groups in total. The average Bonchev–Trinajstić information content (AvgIpc) is 1.90. The monoisotopic (exact) mass is 150 g/mol. The third-order valence-electron chi connectivity index (χ3n) is 0.869. The number of rotatable bonds is 3. The maximum atomic E-state index is 10.6. The van der Waals surface area contributed by atoms with E-state index in [0.29, 0.717) is 5.75 Å². The summed E-state index contributed by atoms with van der Waals surface area (Å²) in [5, 5.41) is 0. The molecule has 0 amide bonds. The zero-order valence-corrected chi connectivity index (χ0v) is 6.02. The van der Waals surface area contributed by atoms with Gasteiger partial charge in [-0.05, 0) is 0 Å². The molecule has 0 heterocycles. The van der Waals surface area contributed by atoms with Crippen LogP contribution in [0.2, 0.25) is 0 Å². The summed E-state index contributed by atoms with van der Waals surface area (Å²) in [5.74, 6) is 4.90.